The molecule has 0 saturated carbocycles. The summed E-state index contributed by atoms with van der Waals surface area (Å²) in [6.45, 7) is 1.49. The van der Waals surface area contributed by atoms with E-state index >= 15 is 0 Å². The fourth-order valence-corrected chi connectivity index (χ4v) is 2.00. The Morgan fingerprint density at radius 1 is 1.22 bits per heavy atom. The molecular formula is C14H14O4. The molecule has 0 spiro atoms. The van der Waals surface area contributed by atoms with E-state index in [2.05, 4.69) is 0 Å². The normalized spacial score (nSPS) is 22.9. The van der Waals surface area contributed by atoms with Crippen molar-refractivity contribution in [3.05, 3.63) is 35.9 Å². The van der Waals surface area contributed by atoms with Crippen molar-refractivity contribution < 1.29 is 19.1 Å². The highest BCUT2D eigenvalue weighted by Gasteiger charge is 2.45. The van der Waals surface area contributed by atoms with E-state index in [1.165, 1.54) is 6.92 Å². The highest BCUT2D eigenvalue weighted by Crippen LogP contribution is 2.20. The van der Waals surface area contributed by atoms with Crippen molar-refractivity contribution >= 4 is 17.5 Å². The van der Waals surface area contributed by atoms with Gasteiger partial charge in [-0.15, -0.1) is 0 Å². The Kier molecular flexibility index (Phi) is 3.55. The van der Waals surface area contributed by atoms with Crippen LogP contribution in [0.1, 0.15) is 18.9 Å². The number of ether oxygens (including phenoxy) is 1. The van der Waals surface area contributed by atoms with Crippen LogP contribution in [0, 0.1) is 5.92 Å². The highest BCUT2D eigenvalue weighted by atomic mass is 16.6. The topological polar surface area (TPSA) is 60.4 Å². The molecule has 1 saturated heterocycles. The summed E-state index contributed by atoms with van der Waals surface area (Å²) in [5.41, 5.74) is 1.01. The number of cyclic esters (lactones) is 1. The molecule has 4 nitrogen and oxygen atoms in total. The van der Waals surface area contributed by atoms with Crippen LogP contribution in [0.2, 0.25) is 0 Å². The molecule has 0 aromatic heterocycles. The Morgan fingerprint density at radius 3 is 2.44 bits per heavy atom. The van der Waals surface area contributed by atoms with Crippen LogP contribution in [-0.4, -0.2) is 23.6 Å². The number of esters is 1. The van der Waals surface area contributed by atoms with Crippen LogP contribution in [0.25, 0.3) is 0 Å². The first-order valence-corrected chi connectivity index (χ1v) is 5.90. The summed E-state index contributed by atoms with van der Waals surface area (Å²) in [5.74, 6) is -2.68. The second-order valence-corrected chi connectivity index (χ2v) is 4.37. The first kappa shape index (κ1) is 12.5. The van der Waals surface area contributed by atoms with Gasteiger partial charge >= 0.3 is 5.97 Å². The van der Waals surface area contributed by atoms with Gasteiger partial charge in [-0.25, -0.2) is 0 Å². The molecule has 2 atom stereocenters. The summed E-state index contributed by atoms with van der Waals surface area (Å²) in [4.78, 5) is 34.8. The molecule has 94 valence electrons. The lowest BCUT2D eigenvalue weighted by Gasteiger charge is -2.03. The summed E-state index contributed by atoms with van der Waals surface area (Å²) >= 11 is 0. The standard InChI is InChI=1S/C14H14O4/c1-9-13(16)12(14(17)18-9)11(15)8-7-10-5-3-2-4-6-10/h2-6,9,12H,7-8H2,1H3/t9-,12?/m0/s1. The van der Waals surface area contributed by atoms with Crippen LogP contribution in [-0.2, 0) is 25.5 Å². The highest BCUT2D eigenvalue weighted by molar-refractivity contribution is 6.21. The Hall–Kier alpha value is -1.97. The third-order valence-corrected chi connectivity index (χ3v) is 3.04. The van der Waals surface area contributed by atoms with Crippen LogP contribution in [0.4, 0.5) is 0 Å². The molecular weight excluding hydrogens is 232 g/mol. The first-order valence-electron chi connectivity index (χ1n) is 5.90. The summed E-state index contributed by atoms with van der Waals surface area (Å²) < 4.78 is 4.75. The predicted octanol–water partition coefficient (Wildman–Crippen LogP) is 1.32. The van der Waals surface area contributed by atoms with Crippen LogP contribution >= 0.6 is 0 Å². The smallest absolute Gasteiger partial charge is 0.324 e. The van der Waals surface area contributed by atoms with E-state index in [-0.39, 0.29) is 12.2 Å². The second kappa shape index (κ2) is 5.12. The molecule has 1 aromatic carbocycles. The quantitative estimate of drug-likeness (QED) is 0.593. The minimum atomic E-state index is -1.20. The van der Waals surface area contributed by atoms with Gasteiger partial charge in [-0.3, -0.25) is 14.4 Å². The lowest BCUT2D eigenvalue weighted by Crippen LogP contribution is -2.27. The van der Waals surface area contributed by atoms with Gasteiger partial charge in [0.05, 0.1) is 0 Å². The third kappa shape index (κ3) is 2.47. The van der Waals surface area contributed by atoms with Gasteiger partial charge in [0, 0.05) is 6.42 Å². The average Bonchev–Trinajstić information content (AvgIpc) is 2.62. The Labute approximate surface area is 105 Å². The number of hydrogen-bond acceptors (Lipinski definition) is 4. The lowest BCUT2D eigenvalue weighted by molar-refractivity contribution is -0.146. The van der Waals surface area contributed by atoms with Crippen molar-refractivity contribution in [2.75, 3.05) is 0 Å². The van der Waals surface area contributed by atoms with E-state index in [1.807, 2.05) is 30.3 Å². The summed E-state index contributed by atoms with van der Waals surface area (Å²) in [6.07, 6.45) is -0.0731. The molecule has 1 fully saturated rings. The summed E-state index contributed by atoms with van der Waals surface area (Å²) in [7, 11) is 0. The largest absolute Gasteiger partial charge is 0.454 e. The van der Waals surface area contributed by atoms with E-state index in [4.69, 9.17) is 4.74 Å². The minimum absolute atomic E-state index is 0.183. The number of hydrogen-bond donors (Lipinski definition) is 0. The fourth-order valence-electron chi connectivity index (χ4n) is 2.00. The maximum atomic E-state index is 11.9. The number of aryl methyl sites for hydroxylation is 1. The van der Waals surface area contributed by atoms with Gasteiger partial charge in [0.1, 0.15) is 0 Å². The van der Waals surface area contributed by atoms with Crippen molar-refractivity contribution in [2.45, 2.75) is 25.9 Å². The van der Waals surface area contributed by atoms with E-state index in [1.54, 1.807) is 0 Å². The molecule has 1 aliphatic heterocycles. The molecule has 4 heteroatoms. The van der Waals surface area contributed by atoms with Crippen LogP contribution in [0.15, 0.2) is 30.3 Å². The SMILES string of the molecule is C[C@@H]1OC(=O)C(C(=O)CCc2ccccc2)C1=O. The minimum Gasteiger partial charge on any atom is -0.454 e. The second-order valence-electron chi connectivity index (χ2n) is 4.37. The predicted molar refractivity (Wildman–Crippen MR) is 63.8 cm³/mol. The molecule has 18 heavy (non-hydrogen) atoms. The van der Waals surface area contributed by atoms with Crippen LogP contribution in [0.5, 0.6) is 0 Å². The number of carbonyl (C=O) groups is 3. The van der Waals surface area contributed by atoms with Crippen molar-refractivity contribution in [1.29, 1.82) is 0 Å². The Balaban J connectivity index is 1.97. The summed E-state index contributed by atoms with van der Waals surface area (Å²) in [5, 5.41) is 0. The van der Waals surface area contributed by atoms with Crippen LogP contribution < -0.4 is 0 Å². The zero-order valence-corrected chi connectivity index (χ0v) is 10.1. The van der Waals surface area contributed by atoms with Crippen molar-refractivity contribution in [1.82, 2.24) is 0 Å². The van der Waals surface area contributed by atoms with E-state index < -0.39 is 23.8 Å². The molecule has 1 aromatic rings. The number of ketones is 2. The molecule has 1 unspecified atom stereocenters. The maximum Gasteiger partial charge on any atom is 0.324 e. The third-order valence-electron chi connectivity index (χ3n) is 3.04. The molecule has 0 radical (unpaired) electrons. The number of benzene rings is 1. The van der Waals surface area contributed by atoms with Crippen molar-refractivity contribution in [3.8, 4) is 0 Å². The van der Waals surface area contributed by atoms with Gasteiger partial charge < -0.3 is 4.74 Å². The van der Waals surface area contributed by atoms with Crippen LogP contribution in [0.3, 0.4) is 0 Å². The molecule has 2 rings (SSSR count). The van der Waals surface area contributed by atoms with E-state index in [0.29, 0.717) is 6.42 Å². The summed E-state index contributed by atoms with van der Waals surface area (Å²) in [6, 6.07) is 9.48. The lowest BCUT2D eigenvalue weighted by atomic mass is 9.94. The number of carbonyl (C=O) groups excluding carboxylic acids is 3. The van der Waals surface area contributed by atoms with Crippen molar-refractivity contribution in [3.63, 3.8) is 0 Å². The first-order chi connectivity index (χ1) is 8.59. The Morgan fingerprint density at radius 2 is 1.89 bits per heavy atom. The monoisotopic (exact) mass is 246 g/mol. The van der Waals surface area contributed by atoms with Gasteiger partial charge in [-0.05, 0) is 18.9 Å². The average molecular weight is 246 g/mol. The molecule has 1 aliphatic rings. The molecule has 0 bridgehead atoms. The van der Waals surface area contributed by atoms with Gasteiger partial charge in [-0.1, -0.05) is 30.3 Å². The number of rotatable bonds is 4. The van der Waals surface area contributed by atoms with Gasteiger partial charge in [0.2, 0.25) is 0 Å². The zero-order chi connectivity index (χ0) is 13.1. The number of Topliss-reactive ketones (excluding diaryl/α,β-unsaturated/α-hetero) is 2. The van der Waals surface area contributed by atoms with E-state index in [0.717, 1.165) is 5.56 Å². The Bertz CT molecular complexity index is 478. The fraction of sp³-hybridized carbons (Fsp3) is 0.357. The van der Waals surface area contributed by atoms with Gasteiger partial charge in [-0.2, -0.15) is 0 Å². The zero-order valence-electron chi connectivity index (χ0n) is 10.1. The molecule has 0 N–H and O–H groups in total. The van der Waals surface area contributed by atoms with Gasteiger partial charge in [0.25, 0.3) is 0 Å². The van der Waals surface area contributed by atoms with Gasteiger partial charge in [0.15, 0.2) is 23.6 Å². The molecule has 1 heterocycles. The molecule has 0 amide bonds. The molecule has 0 aliphatic carbocycles. The maximum absolute atomic E-state index is 11.9. The van der Waals surface area contributed by atoms with Crippen molar-refractivity contribution in [2.24, 2.45) is 5.92 Å². The van der Waals surface area contributed by atoms with E-state index in [9.17, 15) is 14.4 Å².